The molecule has 0 bridgehead atoms. The van der Waals surface area contributed by atoms with Crippen molar-refractivity contribution in [2.45, 2.75) is 19.3 Å². The lowest BCUT2D eigenvalue weighted by Crippen LogP contribution is -2.13. The summed E-state index contributed by atoms with van der Waals surface area (Å²) in [5, 5.41) is 11.7. The normalized spacial score (nSPS) is 11.5. The quantitative estimate of drug-likeness (QED) is 0.784. The van der Waals surface area contributed by atoms with E-state index in [9.17, 15) is 0 Å². The van der Waals surface area contributed by atoms with Crippen LogP contribution < -0.4 is 0 Å². The van der Waals surface area contributed by atoms with Crippen molar-refractivity contribution < 1.29 is 0 Å². The molecule has 17 heavy (non-hydrogen) atoms. The first-order valence-corrected chi connectivity index (χ1v) is 7.21. The summed E-state index contributed by atoms with van der Waals surface area (Å²) in [6.07, 6.45) is 0. The van der Waals surface area contributed by atoms with Gasteiger partial charge in [-0.3, -0.25) is 0 Å². The molecule has 0 atom stereocenters. The van der Waals surface area contributed by atoms with E-state index in [2.05, 4.69) is 11.1 Å². The first-order chi connectivity index (χ1) is 7.94. The van der Waals surface area contributed by atoms with Gasteiger partial charge < -0.3 is 0 Å². The van der Waals surface area contributed by atoms with Crippen LogP contribution in [0.3, 0.4) is 0 Å². The van der Waals surface area contributed by atoms with Gasteiger partial charge in [0.05, 0.1) is 16.1 Å². The third-order valence-electron chi connectivity index (χ3n) is 2.25. The molecule has 0 aliphatic heterocycles. The smallest absolute Gasteiger partial charge is 0.113 e. The highest BCUT2D eigenvalue weighted by atomic mass is 35.5. The van der Waals surface area contributed by atoms with Gasteiger partial charge in [0, 0.05) is 10.9 Å². The monoisotopic (exact) mass is 302 g/mol. The summed E-state index contributed by atoms with van der Waals surface area (Å²) in [6.45, 7) is 3.69. The minimum Gasteiger partial charge on any atom is -0.239 e. The zero-order valence-electron chi connectivity index (χ0n) is 9.12. The number of nitrogens with zero attached hydrogens (tertiary/aromatic N) is 2. The summed E-state index contributed by atoms with van der Waals surface area (Å²) in [5.74, 6) is 0. The maximum atomic E-state index is 9.06. The van der Waals surface area contributed by atoms with Crippen LogP contribution in [0.2, 0.25) is 8.67 Å². The van der Waals surface area contributed by atoms with Gasteiger partial charge >= 0.3 is 0 Å². The predicted molar refractivity (Wildman–Crippen MR) is 74.1 cm³/mol. The van der Waals surface area contributed by atoms with Crippen molar-refractivity contribution in [1.29, 1.82) is 5.26 Å². The van der Waals surface area contributed by atoms with Crippen molar-refractivity contribution in [3.05, 3.63) is 25.1 Å². The molecule has 0 fully saturated rings. The van der Waals surface area contributed by atoms with Gasteiger partial charge in [-0.25, -0.2) is 4.98 Å². The van der Waals surface area contributed by atoms with Gasteiger partial charge in [0.1, 0.15) is 14.8 Å². The Bertz CT molecular complexity index is 593. The lowest BCUT2D eigenvalue weighted by Gasteiger charge is -2.09. The Morgan fingerprint density at radius 1 is 1.41 bits per heavy atom. The summed E-state index contributed by atoms with van der Waals surface area (Å²) in [5.41, 5.74) is 1.04. The molecule has 0 radical (unpaired) electrons. The van der Waals surface area contributed by atoms with Gasteiger partial charge in [0.25, 0.3) is 0 Å². The first kappa shape index (κ1) is 12.8. The average Bonchev–Trinajstić information content (AvgIpc) is 2.85. The predicted octanol–water partition coefficient (Wildman–Crippen LogP) is 4.98. The third-order valence-corrected chi connectivity index (χ3v) is 4.90. The molecule has 2 aromatic heterocycles. The van der Waals surface area contributed by atoms with Crippen molar-refractivity contribution in [1.82, 2.24) is 4.98 Å². The molecule has 0 aliphatic rings. The van der Waals surface area contributed by atoms with Crippen LogP contribution in [0, 0.1) is 11.3 Å². The van der Waals surface area contributed by atoms with E-state index in [4.69, 9.17) is 28.5 Å². The van der Waals surface area contributed by atoms with E-state index in [1.165, 1.54) is 22.7 Å². The molecule has 0 saturated carbocycles. The topological polar surface area (TPSA) is 36.7 Å². The highest BCUT2D eigenvalue weighted by Crippen LogP contribution is 2.39. The lowest BCUT2D eigenvalue weighted by molar-refractivity contribution is 0.680. The fraction of sp³-hybridized carbons (Fsp3) is 0.273. The van der Waals surface area contributed by atoms with E-state index in [1.807, 2.05) is 19.2 Å². The second kappa shape index (κ2) is 4.58. The number of thiazole rings is 1. The standard InChI is InChI=1S/C11H8Cl2N2S2/c1-11(2,5-14)10-15-7(4-16-10)6-3-8(12)17-9(6)13/h3-4H,1-2H3. The molecule has 0 saturated heterocycles. The molecule has 0 amide bonds. The summed E-state index contributed by atoms with van der Waals surface area (Å²) in [7, 11) is 0. The molecule has 2 rings (SSSR count). The van der Waals surface area contributed by atoms with E-state index in [0.717, 1.165) is 16.3 Å². The van der Waals surface area contributed by atoms with Crippen LogP contribution in [-0.2, 0) is 5.41 Å². The average molecular weight is 303 g/mol. The van der Waals surface area contributed by atoms with Gasteiger partial charge in [-0.1, -0.05) is 23.2 Å². The molecule has 0 aromatic carbocycles. The summed E-state index contributed by atoms with van der Waals surface area (Å²) in [4.78, 5) is 4.46. The van der Waals surface area contributed by atoms with Crippen molar-refractivity contribution in [2.75, 3.05) is 0 Å². The van der Waals surface area contributed by atoms with Crippen molar-refractivity contribution in [3.8, 4) is 17.3 Å². The highest BCUT2D eigenvalue weighted by Gasteiger charge is 2.24. The van der Waals surface area contributed by atoms with Crippen LogP contribution in [0.4, 0.5) is 0 Å². The van der Waals surface area contributed by atoms with E-state index in [0.29, 0.717) is 8.67 Å². The Balaban J connectivity index is 2.44. The Kier molecular flexibility index (Phi) is 3.46. The van der Waals surface area contributed by atoms with E-state index < -0.39 is 5.41 Å². The van der Waals surface area contributed by atoms with E-state index in [-0.39, 0.29) is 0 Å². The number of rotatable bonds is 2. The molecule has 0 unspecified atom stereocenters. The van der Waals surface area contributed by atoms with Crippen LogP contribution in [0.15, 0.2) is 11.4 Å². The van der Waals surface area contributed by atoms with Crippen LogP contribution in [0.5, 0.6) is 0 Å². The maximum Gasteiger partial charge on any atom is 0.113 e. The SMILES string of the molecule is CC(C)(C#N)c1nc(-c2cc(Cl)sc2Cl)cs1. The third kappa shape index (κ3) is 2.48. The summed E-state index contributed by atoms with van der Waals surface area (Å²) < 4.78 is 1.26. The molecule has 2 nitrogen and oxygen atoms in total. The van der Waals surface area contributed by atoms with E-state index in [1.54, 1.807) is 6.07 Å². The van der Waals surface area contributed by atoms with Crippen LogP contribution in [-0.4, -0.2) is 4.98 Å². The van der Waals surface area contributed by atoms with Crippen molar-refractivity contribution >= 4 is 45.9 Å². The Morgan fingerprint density at radius 2 is 2.12 bits per heavy atom. The Hall–Kier alpha value is -0.600. The second-order valence-corrected chi connectivity index (χ2v) is 7.16. The lowest BCUT2D eigenvalue weighted by atomic mass is 9.97. The number of halogens is 2. The molecule has 88 valence electrons. The number of thiophene rings is 1. The molecule has 6 heteroatoms. The zero-order chi connectivity index (χ0) is 12.6. The van der Waals surface area contributed by atoms with Gasteiger partial charge in [-0.2, -0.15) is 5.26 Å². The fourth-order valence-electron chi connectivity index (χ4n) is 1.25. The van der Waals surface area contributed by atoms with E-state index >= 15 is 0 Å². The first-order valence-electron chi connectivity index (χ1n) is 4.76. The van der Waals surface area contributed by atoms with Crippen molar-refractivity contribution in [3.63, 3.8) is 0 Å². The molecule has 0 aliphatic carbocycles. The fourth-order valence-corrected chi connectivity index (χ4v) is 3.62. The molecule has 0 spiro atoms. The highest BCUT2D eigenvalue weighted by molar-refractivity contribution is 7.20. The molecule has 2 heterocycles. The largest absolute Gasteiger partial charge is 0.239 e. The molecule has 0 N–H and O–H groups in total. The molecular formula is C11H8Cl2N2S2. The number of aromatic nitrogens is 1. The molecule has 2 aromatic rings. The Morgan fingerprint density at radius 3 is 2.65 bits per heavy atom. The van der Waals surface area contributed by atoms with Gasteiger partial charge in [0.15, 0.2) is 0 Å². The minimum absolute atomic E-state index is 0.574. The number of hydrogen-bond acceptors (Lipinski definition) is 4. The summed E-state index contributed by atoms with van der Waals surface area (Å²) >= 11 is 14.7. The number of nitriles is 1. The summed E-state index contributed by atoms with van der Waals surface area (Å²) in [6, 6.07) is 4.03. The van der Waals surface area contributed by atoms with Crippen LogP contribution >= 0.6 is 45.9 Å². The molecular weight excluding hydrogens is 295 g/mol. The van der Waals surface area contributed by atoms with Gasteiger partial charge in [-0.15, -0.1) is 22.7 Å². The minimum atomic E-state index is -0.574. The van der Waals surface area contributed by atoms with Gasteiger partial charge in [-0.05, 0) is 19.9 Å². The van der Waals surface area contributed by atoms with Crippen LogP contribution in [0.25, 0.3) is 11.3 Å². The van der Waals surface area contributed by atoms with Gasteiger partial charge in [0.2, 0.25) is 0 Å². The maximum absolute atomic E-state index is 9.06. The number of hydrogen-bond donors (Lipinski definition) is 0. The Labute approximate surface area is 117 Å². The van der Waals surface area contributed by atoms with Crippen LogP contribution in [0.1, 0.15) is 18.9 Å². The second-order valence-electron chi connectivity index (χ2n) is 4.01. The zero-order valence-corrected chi connectivity index (χ0v) is 12.3. The van der Waals surface area contributed by atoms with Crippen molar-refractivity contribution in [2.24, 2.45) is 0 Å².